The van der Waals surface area contributed by atoms with Gasteiger partial charge in [-0.2, -0.15) is 13.2 Å². The minimum Gasteiger partial charge on any atom is -0.443 e. The molecule has 2 rings (SSSR count). The fourth-order valence-electron chi connectivity index (χ4n) is 1.86. The summed E-state index contributed by atoms with van der Waals surface area (Å²) in [5, 5.41) is 0.308. The highest BCUT2D eigenvalue weighted by Gasteiger charge is 2.32. The number of carbonyl (C=O) groups excluding carboxylic acids is 1. The van der Waals surface area contributed by atoms with Gasteiger partial charge >= 0.3 is 12.3 Å². The summed E-state index contributed by atoms with van der Waals surface area (Å²) in [6.45, 7) is 5.15. The quantitative estimate of drug-likeness (QED) is 0.643. The van der Waals surface area contributed by atoms with E-state index in [1.807, 2.05) is 0 Å². The molecule has 0 bridgehead atoms. The van der Waals surface area contributed by atoms with E-state index in [4.69, 9.17) is 4.74 Å². The Morgan fingerprint density at radius 1 is 1.24 bits per heavy atom. The van der Waals surface area contributed by atoms with E-state index in [0.717, 1.165) is 12.1 Å². The fourth-order valence-corrected chi connectivity index (χ4v) is 2.52. The van der Waals surface area contributed by atoms with Crippen LogP contribution in [0.3, 0.4) is 0 Å². The molecule has 1 aromatic heterocycles. The highest BCUT2D eigenvalue weighted by molar-refractivity contribution is 9.10. The van der Waals surface area contributed by atoms with Gasteiger partial charge in [-0.05, 0) is 54.9 Å². The summed E-state index contributed by atoms with van der Waals surface area (Å²) in [4.78, 5) is 12.1. The van der Waals surface area contributed by atoms with E-state index in [9.17, 15) is 18.0 Å². The van der Waals surface area contributed by atoms with Gasteiger partial charge < -0.3 is 4.74 Å². The van der Waals surface area contributed by atoms with Crippen molar-refractivity contribution in [3.8, 4) is 0 Å². The van der Waals surface area contributed by atoms with Crippen molar-refractivity contribution in [2.24, 2.45) is 0 Å². The number of hydrogen-bond acceptors (Lipinski definition) is 2. The molecule has 0 spiro atoms. The molecule has 21 heavy (non-hydrogen) atoms. The second-order valence-corrected chi connectivity index (χ2v) is 6.41. The maximum atomic E-state index is 12.8. The molecule has 0 radical (unpaired) electrons. The van der Waals surface area contributed by atoms with Crippen LogP contribution in [0, 0.1) is 0 Å². The molecule has 0 saturated carbocycles. The average Bonchev–Trinajstić information content (AvgIpc) is 2.69. The van der Waals surface area contributed by atoms with Gasteiger partial charge in [0.2, 0.25) is 0 Å². The first-order valence-electron chi connectivity index (χ1n) is 6.10. The van der Waals surface area contributed by atoms with E-state index in [1.165, 1.54) is 16.8 Å². The number of alkyl halides is 3. The smallest absolute Gasteiger partial charge is 0.419 e. The number of rotatable bonds is 0. The summed E-state index contributed by atoms with van der Waals surface area (Å²) in [6.07, 6.45) is -3.69. The zero-order valence-electron chi connectivity index (χ0n) is 11.6. The van der Waals surface area contributed by atoms with Crippen molar-refractivity contribution < 1.29 is 22.7 Å². The topological polar surface area (TPSA) is 31.2 Å². The third-order valence-corrected chi connectivity index (χ3v) is 3.26. The normalized spacial score (nSPS) is 12.7. The van der Waals surface area contributed by atoms with Crippen molar-refractivity contribution >= 4 is 32.9 Å². The van der Waals surface area contributed by atoms with Crippen molar-refractivity contribution in [2.75, 3.05) is 0 Å². The number of fused-ring (bicyclic) bond motifs is 1. The molecule has 7 heteroatoms. The molecule has 0 amide bonds. The standard InChI is InChI=1S/C14H13BrF3NO2/c1-13(2,3)21-12(20)19-5-4-8-6-9(14(16,17)18)7-10(15)11(8)19/h4-7H,1-3H3. The van der Waals surface area contributed by atoms with Crippen LogP contribution < -0.4 is 0 Å². The molecule has 0 saturated heterocycles. The Morgan fingerprint density at radius 3 is 2.38 bits per heavy atom. The lowest BCUT2D eigenvalue weighted by molar-refractivity contribution is -0.137. The van der Waals surface area contributed by atoms with E-state index in [-0.39, 0.29) is 4.47 Å². The molecular formula is C14H13BrF3NO2. The number of aromatic nitrogens is 1. The zero-order valence-corrected chi connectivity index (χ0v) is 13.2. The summed E-state index contributed by atoms with van der Waals surface area (Å²) in [6, 6.07) is 3.39. The van der Waals surface area contributed by atoms with Crippen molar-refractivity contribution in [3.63, 3.8) is 0 Å². The van der Waals surface area contributed by atoms with Crippen LogP contribution in [0.2, 0.25) is 0 Å². The lowest BCUT2D eigenvalue weighted by atomic mass is 10.1. The van der Waals surface area contributed by atoms with Crippen LogP contribution in [0.4, 0.5) is 18.0 Å². The van der Waals surface area contributed by atoms with Crippen LogP contribution in [-0.2, 0) is 10.9 Å². The molecule has 0 fully saturated rings. The van der Waals surface area contributed by atoms with E-state index in [0.29, 0.717) is 10.9 Å². The van der Waals surface area contributed by atoms with Gasteiger partial charge in [-0.3, -0.25) is 4.57 Å². The van der Waals surface area contributed by atoms with E-state index >= 15 is 0 Å². The zero-order chi connectivity index (χ0) is 16.0. The first kappa shape index (κ1) is 15.9. The number of hydrogen-bond donors (Lipinski definition) is 0. The minimum atomic E-state index is -4.44. The molecule has 0 aliphatic heterocycles. The predicted molar refractivity (Wildman–Crippen MR) is 76.3 cm³/mol. The van der Waals surface area contributed by atoms with Crippen LogP contribution in [0.25, 0.3) is 10.9 Å². The van der Waals surface area contributed by atoms with Gasteiger partial charge in [-0.15, -0.1) is 0 Å². The number of benzene rings is 1. The third-order valence-electron chi connectivity index (χ3n) is 2.65. The first-order valence-corrected chi connectivity index (χ1v) is 6.89. The monoisotopic (exact) mass is 363 g/mol. The van der Waals surface area contributed by atoms with Gasteiger partial charge in [-0.25, -0.2) is 4.79 Å². The van der Waals surface area contributed by atoms with Crippen LogP contribution in [-0.4, -0.2) is 16.3 Å². The second-order valence-electron chi connectivity index (χ2n) is 5.56. The summed E-state index contributed by atoms with van der Waals surface area (Å²) in [5.74, 6) is 0. The Bertz CT molecular complexity index is 699. The highest BCUT2D eigenvalue weighted by Crippen LogP contribution is 2.35. The number of nitrogens with zero attached hydrogens (tertiary/aromatic N) is 1. The largest absolute Gasteiger partial charge is 0.443 e. The summed E-state index contributed by atoms with van der Waals surface area (Å²) < 4.78 is 44.9. The summed E-state index contributed by atoms with van der Waals surface area (Å²) in [5.41, 5.74) is -1.12. The molecule has 0 N–H and O–H groups in total. The summed E-state index contributed by atoms with van der Waals surface area (Å²) >= 11 is 3.09. The SMILES string of the molecule is CC(C)(C)OC(=O)n1ccc2cc(C(F)(F)F)cc(Br)c21. The average molecular weight is 364 g/mol. The first-order chi connectivity index (χ1) is 9.49. The van der Waals surface area contributed by atoms with Crippen LogP contribution >= 0.6 is 15.9 Å². The molecule has 1 heterocycles. The lowest BCUT2D eigenvalue weighted by Gasteiger charge is -2.20. The highest BCUT2D eigenvalue weighted by atomic mass is 79.9. The number of halogens is 4. The van der Waals surface area contributed by atoms with E-state index in [1.54, 1.807) is 20.8 Å². The van der Waals surface area contributed by atoms with Gasteiger partial charge in [0.25, 0.3) is 0 Å². The molecule has 114 valence electrons. The third kappa shape index (κ3) is 3.40. The molecular weight excluding hydrogens is 351 g/mol. The fraction of sp³-hybridized carbons (Fsp3) is 0.357. The van der Waals surface area contributed by atoms with Gasteiger partial charge in [0.05, 0.1) is 11.1 Å². The molecule has 0 aliphatic carbocycles. The Labute approximate surface area is 127 Å². The van der Waals surface area contributed by atoms with Gasteiger partial charge in [0.1, 0.15) is 5.60 Å². The second kappa shape index (κ2) is 5.05. The number of carbonyl (C=O) groups is 1. The van der Waals surface area contributed by atoms with Crippen LogP contribution in [0.5, 0.6) is 0 Å². The maximum absolute atomic E-state index is 12.8. The molecule has 1 aromatic carbocycles. The Hall–Kier alpha value is -1.50. The number of ether oxygens (including phenoxy) is 1. The van der Waals surface area contributed by atoms with Gasteiger partial charge in [-0.1, -0.05) is 0 Å². The summed E-state index contributed by atoms with van der Waals surface area (Å²) in [7, 11) is 0. The Morgan fingerprint density at radius 2 is 1.86 bits per heavy atom. The van der Waals surface area contributed by atoms with Crippen molar-refractivity contribution in [3.05, 3.63) is 34.4 Å². The Balaban J connectivity index is 2.53. The van der Waals surface area contributed by atoms with E-state index in [2.05, 4.69) is 15.9 Å². The van der Waals surface area contributed by atoms with E-state index < -0.39 is 23.4 Å². The molecule has 0 unspecified atom stereocenters. The van der Waals surface area contributed by atoms with Crippen molar-refractivity contribution in [2.45, 2.75) is 32.5 Å². The van der Waals surface area contributed by atoms with Crippen LogP contribution in [0.1, 0.15) is 26.3 Å². The Kier molecular flexibility index (Phi) is 3.82. The van der Waals surface area contributed by atoms with Gasteiger partial charge in [0, 0.05) is 16.1 Å². The molecule has 3 nitrogen and oxygen atoms in total. The lowest BCUT2D eigenvalue weighted by Crippen LogP contribution is -2.26. The van der Waals surface area contributed by atoms with Crippen molar-refractivity contribution in [1.29, 1.82) is 0 Å². The van der Waals surface area contributed by atoms with Gasteiger partial charge in [0.15, 0.2) is 0 Å². The molecule has 0 atom stereocenters. The predicted octanol–water partition coefficient (Wildman–Crippen LogP) is 5.21. The minimum absolute atomic E-state index is 0.184. The van der Waals surface area contributed by atoms with Crippen LogP contribution in [0.15, 0.2) is 28.9 Å². The molecule has 2 aromatic rings. The maximum Gasteiger partial charge on any atom is 0.419 e. The molecule has 0 aliphatic rings. The van der Waals surface area contributed by atoms with Crippen molar-refractivity contribution in [1.82, 2.24) is 4.57 Å².